The Hall–Kier alpha value is -0.720. The van der Waals surface area contributed by atoms with Gasteiger partial charge in [-0.25, -0.2) is 0 Å². The summed E-state index contributed by atoms with van der Waals surface area (Å²) in [5.74, 6) is 0.718. The van der Waals surface area contributed by atoms with Crippen molar-refractivity contribution in [1.82, 2.24) is 0 Å². The SMILES string of the molecule is N/C(=N/O)c1ccc(SCCO)cc1Br. The van der Waals surface area contributed by atoms with E-state index in [1.807, 2.05) is 12.1 Å². The first-order valence-electron chi connectivity index (χ1n) is 4.20. The van der Waals surface area contributed by atoms with Gasteiger partial charge in [-0.15, -0.1) is 11.8 Å². The molecule has 0 amide bonds. The summed E-state index contributed by atoms with van der Waals surface area (Å²) in [5.41, 5.74) is 6.11. The Bertz CT molecular complexity index is 371. The van der Waals surface area contributed by atoms with Crippen LogP contribution in [0.5, 0.6) is 0 Å². The zero-order chi connectivity index (χ0) is 11.3. The van der Waals surface area contributed by atoms with Crippen molar-refractivity contribution in [2.75, 3.05) is 12.4 Å². The molecule has 0 saturated heterocycles. The maximum atomic E-state index is 8.67. The highest BCUT2D eigenvalue weighted by Gasteiger charge is 2.05. The number of aliphatic hydroxyl groups excluding tert-OH is 1. The molecule has 0 unspecified atom stereocenters. The van der Waals surface area contributed by atoms with Crippen LogP contribution in [0.3, 0.4) is 0 Å². The van der Waals surface area contributed by atoms with Gasteiger partial charge in [0.15, 0.2) is 5.84 Å². The molecule has 4 N–H and O–H groups in total. The summed E-state index contributed by atoms with van der Waals surface area (Å²) in [6.07, 6.45) is 0. The molecule has 0 saturated carbocycles. The fourth-order valence-electron chi connectivity index (χ4n) is 1.01. The van der Waals surface area contributed by atoms with Gasteiger partial charge in [-0.1, -0.05) is 5.16 Å². The van der Waals surface area contributed by atoms with Crippen molar-refractivity contribution >= 4 is 33.5 Å². The fraction of sp³-hybridized carbons (Fsp3) is 0.222. The Morgan fingerprint density at radius 2 is 2.27 bits per heavy atom. The minimum Gasteiger partial charge on any atom is -0.409 e. The van der Waals surface area contributed by atoms with Gasteiger partial charge in [-0.05, 0) is 34.1 Å². The van der Waals surface area contributed by atoms with Crippen LogP contribution in [-0.4, -0.2) is 28.5 Å². The van der Waals surface area contributed by atoms with Crippen LogP contribution in [0.15, 0.2) is 32.7 Å². The lowest BCUT2D eigenvalue weighted by molar-refractivity contribution is 0.318. The molecule has 0 bridgehead atoms. The number of hydrogen-bond donors (Lipinski definition) is 3. The molecule has 15 heavy (non-hydrogen) atoms. The van der Waals surface area contributed by atoms with Gasteiger partial charge in [-0.2, -0.15) is 0 Å². The zero-order valence-electron chi connectivity index (χ0n) is 7.85. The van der Waals surface area contributed by atoms with Crippen LogP contribution in [0, 0.1) is 0 Å². The van der Waals surface area contributed by atoms with Crippen molar-refractivity contribution in [1.29, 1.82) is 0 Å². The lowest BCUT2D eigenvalue weighted by Gasteiger charge is -2.05. The number of oxime groups is 1. The lowest BCUT2D eigenvalue weighted by Crippen LogP contribution is -2.13. The second-order valence-electron chi connectivity index (χ2n) is 2.70. The summed E-state index contributed by atoms with van der Waals surface area (Å²) in [7, 11) is 0. The quantitative estimate of drug-likeness (QED) is 0.259. The van der Waals surface area contributed by atoms with E-state index in [0.29, 0.717) is 11.3 Å². The van der Waals surface area contributed by atoms with Crippen LogP contribution in [-0.2, 0) is 0 Å². The van der Waals surface area contributed by atoms with E-state index in [4.69, 9.17) is 16.0 Å². The fourth-order valence-corrected chi connectivity index (χ4v) is 2.44. The summed E-state index contributed by atoms with van der Waals surface area (Å²) in [5, 5.41) is 20.1. The molecular formula is C9H11BrN2O2S. The second-order valence-corrected chi connectivity index (χ2v) is 4.72. The Balaban J connectivity index is 2.88. The molecule has 0 aliphatic heterocycles. The molecule has 0 fully saturated rings. The summed E-state index contributed by atoms with van der Waals surface area (Å²) >= 11 is 4.87. The number of hydrogen-bond acceptors (Lipinski definition) is 4. The van der Waals surface area contributed by atoms with Crippen molar-refractivity contribution in [2.24, 2.45) is 10.9 Å². The minimum absolute atomic E-state index is 0.0700. The first-order valence-corrected chi connectivity index (χ1v) is 5.98. The molecule has 4 nitrogen and oxygen atoms in total. The molecule has 1 rings (SSSR count). The molecule has 0 aliphatic rings. The number of rotatable bonds is 4. The number of nitrogens with zero attached hydrogens (tertiary/aromatic N) is 1. The Labute approximate surface area is 100 Å². The first-order chi connectivity index (χ1) is 7.19. The van der Waals surface area contributed by atoms with Gasteiger partial charge in [0.05, 0.1) is 6.61 Å². The Kier molecular flexibility index (Phi) is 4.93. The maximum absolute atomic E-state index is 8.67. The lowest BCUT2D eigenvalue weighted by atomic mass is 10.2. The van der Waals surface area contributed by atoms with Gasteiger partial charge in [0, 0.05) is 20.7 Å². The standard InChI is InChI=1S/C9H11BrN2O2S/c10-8-5-6(15-4-3-13)1-2-7(8)9(11)12-14/h1-2,5,13-14H,3-4H2,(H2,11,12). The smallest absolute Gasteiger partial charge is 0.171 e. The monoisotopic (exact) mass is 290 g/mol. The van der Waals surface area contributed by atoms with Crippen molar-refractivity contribution in [3.63, 3.8) is 0 Å². The van der Waals surface area contributed by atoms with Gasteiger partial charge < -0.3 is 16.0 Å². The van der Waals surface area contributed by atoms with Crippen LogP contribution < -0.4 is 5.73 Å². The third kappa shape index (κ3) is 3.40. The van der Waals surface area contributed by atoms with Gasteiger partial charge >= 0.3 is 0 Å². The number of thioether (sulfide) groups is 1. The highest BCUT2D eigenvalue weighted by molar-refractivity contribution is 9.10. The van der Waals surface area contributed by atoms with Gasteiger partial charge in [0.25, 0.3) is 0 Å². The Morgan fingerprint density at radius 3 is 2.80 bits per heavy atom. The van der Waals surface area contributed by atoms with Gasteiger partial charge in [-0.3, -0.25) is 0 Å². The number of amidine groups is 1. The second kappa shape index (κ2) is 5.99. The molecule has 0 aromatic heterocycles. The number of halogens is 1. The molecule has 1 aromatic rings. The average Bonchev–Trinajstić information content (AvgIpc) is 2.25. The average molecular weight is 291 g/mol. The van der Waals surface area contributed by atoms with Crippen LogP contribution >= 0.6 is 27.7 Å². The summed E-state index contributed by atoms with van der Waals surface area (Å²) < 4.78 is 0.765. The zero-order valence-corrected chi connectivity index (χ0v) is 10.3. The van der Waals surface area contributed by atoms with E-state index >= 15 is 0 Å². The van der Waals surface area contributed by atoms with Gasteiger partial charge in [0.1, 0.15) is 0 Å². The van der Waals surface area contributed by atoms with Crippen molar-refractivity contribution in [3.05, 3.63) is 28.2 Å². The van der Waals surface area contributed by atoms with Crippen molar-refractivity contribution in [2.45, 2.75) is 4.90 Å². The molecule has 0 radical (unpaired) electrons. The number of nitrogens with two attached hydrogens (primary N) is 1. The van der Waals surface area contributed by atoms with Crippen LogP contribution in [0.2, 0.25) is 0 Å². The normalized spacial score (nSPS) is 11.7. The predicted molar refractivity (Wildman–Crippen MR) is 64.5 cm³/mol. The first kappa shape index (κ1) is 12.4. The topological polar surface area (TPSA) is 78.8 Å². The molecule has 1 aromatic carbocycles. The van der Waals surface area contributed by atoms with E-state index in [9.17, 15) is 0 Å². The third-order valence-corrected chi connectivity index (χ3v) is 3.31. The molecule has 0 spiro atoms. The van der Waals surface area contributed by atoms with Crippen molar-refractivity contribution < 1.29 is 10.3 Å². The van der Waals surface area contributed by atoms with Crippen LogP contribution in [0.25, 0.3) is 0 Å². The Morgan fingerprint density at radius 1 is 1.53 bits per heavy atom. The molecule has 0 atom stereocenters. The highest BCUT2D eigenvalue weighted by Crippen LogP contribution is 2.25. The van der Waals surface area contributed by atoms with E-state index < -0.39 is 0 Å². The van der Waals surface area contributed by atoms with Gasteiger partial charge in [0.2, 0.25) is 0 Å². The molecule has 0 heterocycles. The summed E-state index contributed by atoms with van der Waals surface area (Å²) in [6.45, 7) is 0.143. The number of benzene rings is 1. The minimum atomic E-state index is 0.0700. The van der Waals surface area contributed by atoms with Crippen LogP contribution in [0.4, 0.5) is 0 Å². The van der Waals surface area contributed by atoms with Crippen LogP contribution in [0.1, 0.15) is 5.56 Å². The third-order valence-electron chi connectivity index (χ3n) is 1.68. The van der Waals surface area contributed by atoms with E-state index in [2.05, 4.69) is 21.1 Å². The number of aliphatic hydroxyl groups is 1. The van der Waals surface area contributed by atoms with E-state index in [0.717, 1.165) is 9.37 Å². The predicted octanol–water partition coefficient (Wildman–Crippen LogP) is 1.63. The van der Waals surface area contributed by atoms with E-state index in [1.54, 1.807) is 6.07 Å². The highest BCUT2D eigenvalue weighted by atomic mass is 79.9. The summed E-state index contributed by atoms with van der Waals surface area (Å²) in [6, 6.07) is 5.49. The largest absolute Gasteiger partial charge is 0.409 e. The molecular weight excluding hydrogens is 280 g/mol. The van der Waals surface area contributed by atoms with E-state index in [-0.39, 0.29) is 12.4 Å². The molecule has 82 valence electrons. The molecule has 0 aliphatic carbocycles. The maximum Gasteiger partial charge on any atom is 0.171 e. The summed E-state index contributed by atoms with van der Waals surface area (Å²) in [4.78, 5) is 1.02. The molecule has 6 heteroatoms. The van der Waals surface area contributed by atoms with Crippen molar-refractivity contribution in [3.8, 4) is 0 Å². The van der Waals surface area contributed by atoms with E-state index in [1.165, 1.54) is 11.8 Å².